The van der Waals surface area contributed by atoms with Gasteiger partial charge in [0.05, 0.1) is 31.3 Å². The Balaban J connectivity index is 2.00. The lowest BCUT2D eigenvalue weighted by atomic mass is 9.78. The SMILES string of the molecule is CCCCN1CC(=O)N(C)[C@@H](CC(C)C)C(=O)N[C@@H](COC(C)(C)C)C(=O)N(C)[C@@H]([C@@H](C)CC)C(=O)N(C)[C@@H](CC(C)C)C(=O)N[C@H](C(=O)N2CCCCC2)CC(=O)N[C@H](C)C(=O)N(C)[C@@H](CC2CCCCC2)C(=O)N[C@@H](CC2CCC(C(=O)N(C)O)CC2)C(=O)N(C)[C@@H](CC(C)C)C(=O)N[C@@H]([C@@H](C)O)C1=O. The second-order valence-corrected chi connectivity index (χ2v) is 33.5. The van der Waals surface area contributed by atoms with E-state index in [2.05, 4.69) is 26.6 Å². The third-order valence-corrected chi connectivity index (χ3v) is 22.0. The van der Waals surface area contributed by atoms with Gasteiger partial charge in [0.15, 0.2) is 0 Å². The second kappa shape index (κ2) is 43.4. The maximum atomic E-state index is 15.6. The Morgan fingerprint density at radius 1 is 0.561 bits per heavy atom. The summed E-state index contributed by atoms with van der Waals surface area (Å²) in [6, 6.07) is -13.6. The van der Waals surface area contributed by atoms with Crippen molar-refractivity contribution in [2.75, 3.05) is 75.1 Å². The number of likely N-dealkylation sites (tertiary alicyclic amines) is 1. The molecule has 0 radical (unpaired) electrons. The van der Waals surface area contributed by atoms with Crippen molar-refractivity contribution in [1.82, 2.24) is 65.9 Å². The Bertz CT molecular complexity index is 2980. The number of amides is 13. The monoisotopic (exact) mass is 1510 g/mol. The van der Waals surface area contributed by atoms with Crippen molar-refractivity contribution in [3.8, 4) is 0 Å². The molecule has 2 aliphatic heterocycles. The smallest absolute Gasteiger partial charge is 0.248 e. The molecule has 4 rings (SSSR count). The number of hydrogen-bond donors (Lipinski definition) is 7. The van der Waals surface area contributed by atoms with Gasteiger partial charge in [-0.25, -0.2) is 5.06 Å². The van der Waals surface area contributed by atoms with Gasteiger partial charge in [-0.05, 0) is 154 Å². The molecule has 2 aliphatic carbocycles. The van der Waals surface area contributed by atoms with E-state index in [9.17, 15) is 29.5 Å². The predicted molar refractivity (Wildman–Crippen MR) is 406 cm³/mol. The van der Waals surface area contributed by atoms with Crippen LogP contribution in [0.1, 0.15) is 232 Å². The van der Waals surface area contributed by atoms with Gasteiger partial charge in [0, 0.05) is 67.8 Å². The van der Waals surface area contributed by atoms with Crippen molar-refractivity contribution in [1.29, 1.82) is 0 Å². The maximum Gasteiger partial charge on any atom is 0.248 e. The molecular formula is C78H137N13O16. The summed E-state index contributed by atoms with van der Waals surface area (Å²) in [6.07, 6.45) is 7.50. The van der Waals surface area contributed by atoms with Crippen LogP contribution < -0.4 is 26.6 Å². The highest BCUT2D eigenvalue weighted by Gasteiger charge is 2.45. The molecule has 2 saturated carbocycles. The highest BCUT2D eigenvalue weighted by Crippen LogP contribution is 2.34. The Labute approximate surface area is 637 Å². The number of likely N-dealkylation sites (N-methyl/N-ethyl adjacent to an activating group) is 5. The average Bonchev–Trinajstić information content (AvgIpc) is 0.813. The zero-order chi connectivity index (χ0) is 80.6. The molecule has 0 spiro atoms. The molecule has 0 aromatic rings. The first-order chi connectivity index (χ1) is 50.0. The van der Waals surface area contributed by atoms with E-state index in [4.69, 9.17) is 4.74 Å². The molecule has 610 valence electrons. The minimum absolute atomic E-state index is 0.0206. The van der Waals surface area contributed by atoms with E-state index in [1.807, 2.05) is 55.4 Å². The van der Waals surface area contributed by atoms with Gasteiger partial charge in [-0.3, -0.25) is 67.5 Å². The summed E-state index contributed by atoms with van der Waals surface area (Å²) in [5.41, 5.74) is -0.854. The lowest BCUT2D eigenvalue weighted by molar-refractivity contribution is -0.165. The number of nitrogens with zero attached hydrogens (tertiary/aromatic N) is 8. The molecule has 29 heteroatoms. The molecule has 2 saturated heterocycles. The first-order valence-electron chi connectivity index (χ1n) is 39.7. The van der Waals surface area contributed by atoms with Gasteiger partial charge in [0.25, 0.3) is 0 Å². The standard InChI is InChI=1S/C78H137N13O16/c1-21-23-36-91-45-64(94)84(15)59(39-47(3)4)67(95)82-58(46-107-78(12,13)14)74(102)88(19)66(50(9)22-2)77(105)87(18)60(40-48(5)6)68(96)81-57(75(103)90-37-28-25-29-38-90)44-63(93)79-51(10)71(99)85(16)62(43-53-30-26-24-27-31-53)69(97)80-56(42-54-32-34-55(35-33-54)72(100)89(20)106)73(101)86(17)61(41-49(7)8)70(98)83-65(52(11)92)76(91)104/h47-62,65-66,92,106H,21-46H2,1-20H3,(H,79,93)(H,80,97)(H,81,96)(H,82,95)(H,83,98)/t50-,51+,52+,54?,55?,56-,57-,58-,59-,60-,61-,62-,65-,66-/m0/s1. The quantitative estimate of drug-likeness (QED) is 0.0622. The van der Waals surface area contributed by atoms with Gasteiger partial charge < -0.3 is 70.7 Å². The van der Waals surface area contributed by atoms with Gasteiger partial charge in [0.2, 0.25) is 76.8 Å². The van der Waals surface area contributed by atoms with Crippen molar-refractivity contribution in [3.05, 3.63) is 0 Å². The van der Waals surface area contributed by atoms with Crippen LogP contribution in [0.15, 0.2) is 0 Å². The number of unbranched alkanes of at least 4 members (excludes halogenated alkanes) is 1. The molecule has 0 bridgehead atoms. The zero-order valence-electron chi connectivity index (χ0n) is 68.5. The summed E-state index contributed by atoms with van der Waals surface area (Å²) >= 11 is 0. The molecule has 107 heavy (non-hydrogen) atoms. The normalized spacial score (nSPS) is 27.8. The maximum absolute atomic E-state index is 15.6. The summed E-state index contributed by atoms with van der Waals surface area (Å²) in [7, 11) is 8.40. The van der Waals surface area contributed by atoms with Gasteiger partial charge in [-0.1, -0.05) is 107 Å². The number of carbonyl (C=O) groups excluding carboxylic acids is 13. The Morgan fingerprint density at radius 3 is 1.55 bits per heavy atom. The summed E-state index contributed by atoms with van der Waals surface area (Å²) in [4.78, 5) is 204. The van der Waals surface area contributed by atoms with Crippen LogP contribution in [-0.4, -0.2) is 274 Å². The number of ether oxygens (including phenoxy) is 1. The third kappa shape index (κ3) is 27.8. The van der Waals surface area contributed by atoms with Crippen LogP contribution in [0, 0.1) is 41.4 Å². The number of carbonyl (C=O) groups is 13. The summed E-state index contributed by atoms with van der Waals surface area (Å²) in [5.74, 6) is -11.2. The van der Waals surface area contributed by atoms with Crippen LogP contribution in [0.5, 0.6) is 0 Å². The van der Waals surface area contributed by atoms with E-state index < -0.39 is 174 Å². The van der Waals surface area contributed by atoms with Crippen molar-refractivity contribution >= 4 is 76.8 Å². The minimum Gasteiger partial charge on any atom is -0.391 e. The molecule has 12 atom stereocenters. The van der Waals surface area contributed by atoms with E-state index in [1.165, 1.54) is 85.5 Å². The molecule has 0 aromatic heterocycles. The predicted octanol–water partition coefficient (Wildman–Crippen LogP) is 5.00. The fraction of sp³-hybridized carbons (Fsp3) is 0.833. The lowest BCUT2D eigenvalue weighted by Gasteiger charge is -2.39. The van der Waals surface area contributed by atoms with Crippen LogP contribution in [0.2, 0.25) is 0 Å². The van der Waals surface area contributed by atoms with E-state index in [1.54, 1.807) is 32.6 Å². The van der Waals surface area contributed by atoms with Crippen molar-refractivity contribution in [3.63, 3.8) is 0 Å². The van der Waals surface area contributed by atoms with Crippen LogP contribution in [0.25, 0.3) is 0 Å². The molecule has 2 heterocycles. The average molecular weight is 1510 g/mol. The third-order valence-electron chi connectivity index (χ3n) is 22.0. The van der Waals surface area contributed by atoms with Crippen molar-refractivity contribution < 1.29 is 77.4 Å². The Hall–Kier alpha value is -7.01. The fourth-order valence-corrected chi connectivity index (χ4v) is 15.2. The molecule has 4 fully saturated rings. The molecule has 0 unspecified atom stereocenters. The fourth-order valence-electron chi connectivity index (χ4n) is 15.2. The van der Waals surface area contributed by atoms with E-state index in [-0.39, 0.29) is 74.8 Å². The number of hydrogen-bond acceptors (Lipinski definition) is 16. The first kappa shape index (κ1) is 92.4. The number of aliphatic hydroxyl groups excluding tert-OH is 1. The van der Waals surface area contributed by atoms with E-state index in [0.717, 1.165) is 38.5 Å². The number of rotatable bonds is 20. The van der Waals surface area contributed by atoms with Crippen molar-refractivity contribution in [2.24, 2.45) is 41.4 Å². The van der Waals surface area contributed by atoms with Crippen LogP contribution >= 0.6 is 0 Å². The zero-order valence-corrected chi connectivity index (χ0v) is 68.5. The summed E-state index contributed by atoms with van der Waals surface area (Å²) in [6.45, 7) is 24.3. The molecular weight excluding hydrogens is 1370 g/mol. The van der Waals surface area contributed by atoms with Crippen molar-refractivity contribution in [2.45, 2.75) is 304 Å². The molecule has 13 amide bonds. The van der Waals surface area contributed by atoms with Gasteiger partial charge in [-0.15, -0.1) is 0 Å². The van der Waals surface area contributed by atoms with Crippen LogP contribution in [0.3, 0.4) is 0 Å². The minimum atomic E-state index is -1.68. The molecule has 7 N–H and O–H groups in total. The number of hydroxylamine groups is 2. The van der Waals surface area contributed by atoms with Gasteiger partial charge >= 0.3 is 0 Å². The van der Waals surface area contributed by atoms with E-state index >= 15 is 43.2 Å². The molecule has 0 aromatic carbocycles. The van der Waals surface area contributed by atoms with Gasteiger partial charge in [0.1, 0.15) is 60.4 Å². The summed E-state index contributed by atoms with van der Waals surface area (Å²) in [5, 5.41) is 36.4. The summed E-state index contributed by atoms with van der Waals surface area (Å²) < 4.78 is 6.21. The number of aliphatic hydroxyl groups is 1. The highest BCUT2D eigenvalue weighted by atomic mass is 16.5. The second-order valence-electron chi connectivity index (χ2n) is 33.5. The number of nitrogens with one attached hydrogen (secondary N) is 5. The lowest BCUT2D eigenvalue weighted by Crippen LogP contribution is -2.62. The Kier molecular flexibility index (Phi) is 37.5. The Morgan fingerprint density at radius 2 is 1.04 bits per heavy atom. The van der Waals surface area contributed by atoms with E-state index in [0.29, 0.717) is 75.9 Å². The largest absolute Gasteiger partial charge is 0.391 e. The van der Waals surface area contributed by atoms with Crippen LogP contribution in [0.4, 0.5) is 0 Å². The molecule has 29 nitrogen and oxygen atoms in total. The topological polar surface area (TPSA) is 358 Å². The highest BCUT2D eigenvalue weighted by molar-refractivity contribution is 6.00. The molecule has 4 aliphatic rings. The number of piperidine rings is 1. The van der Waals surface area contributed by atoms with Gasteiger partial charge in [-0.2, -0.15) is 0 Å². The van der Waals surface area contributed by atoms with Crippen LogP contribution in [-0.2, 0) is 67.1 Å². The first-order valence-corrected chi connectivity index (χ1v) is 39.7.